The summed E-state index contributed by atoms with van der Waals surface area (Å²) in [6.07, 6.45) is 1.49. The molecule has 0 spiro atoms. The maximum atomic E-state index is 12.8. The van der Waals surface area contributed by atoms with Crippen LogP contribution in [0.5, 0.6) is 5.75 Å². The van der Waals surface area contributed by atoms with Crippen molar-refractivity contribution < 1.29 is 24.4 Å². The molecule has 0 unspecified atom stereocenters. The van der Waals surface area contributed by atoms with Gasteiger partial charge in [-0.15, -0.1) is 0 Å². The van der Waals surface area contributed by atoms with E-state index in [1.54, 1.807) is 24.3 Å². The molecule has 2 aromatic carbocycles. The Hall–Kier alpha value is -3.68. The average molecular weight is 410 g/mol. The third-order valence-corrected chi connectivity index (χ3v) is 5.08. The fraction of sp³-hybridized carbons (Fsp3) is 0.273. The van der Waals surface area contributed by atoms with Gasteiger partial charge in [0.2, 0.25) is 0 Å². The van der Waals surface area contributed by atoms with E-state index in [1.807, 2.05) is 6.92 Å². The van der Waals surface area contributed by atoms with Gasteiger partial charge in [0.15, 0.2) is 0 Å². The number of hydrogen-bond donors (Lipinski definition) is 1. The SMILES string of the molecule is CCCCN1C(=O)C(=O)C(=C(O)c2ccc(OC)cc2)[C@@H]1c1ccc([N+](=O)[O-])cc1. The van der Waals surface area contributed by atoms with E-state index in [2.05, 4.69) is 0 Å². The lowest BCUT2D eigenvalue weighted by atomic mass is 9.95. The summed E-state index contributed by atoms with van der Waals surface area (Å²) < 4.78 is 5.11. The smallest absolute Gasteiger partial charge is 0.295 e. The number of aliphatic hydroxyl groups excluding tert-OH is 1. The maximum Gasteiger partial charge on any atom is 0.295 e. The second kappa shape index (κ2) is 8.77. The fourth-order valence-corrected chi connectivity index (χ4v) is 3.47. The molecule has 1 aliphatic rings. The number of amides is 1. The van der Waals surface area contributed by atoms with Crippen molar-refractivity contribution in [2.75, 3.05) is 13.7 Å². The number of non-ortho nitro benzene ring substituents is 1. The summed E-state index contributed by atoms with van der Waals surface area (Å²) in [6, 6.07) is 11.3. The number of nitro benzene ring substituents is 1. The number of aliphatic hydroxyl groups is 1. The average Bonchev–Trinajstić information content (AvgIpc) is 3.02. The molecule has 1 heterocycles. The van der Waals surface area contributed by atoms with Crippen LogP contribution in [0.15, 0.2) is 54.1 Å². The van der Waals surface area contributed by atoms with Gasteiger partial charge in [0, 0.05) is 24.2 Å². The van der Waals surface area contributed by atoms with E-state index in [0.717, 1.165) is 6.42 Å². The van der Waals surface area contributed by atoms with Crippen molar-refractivity contribution >= 4 is 23.1 Å². The highest BCUT2D eigenvalue weighted by atomic mass is 16.6. The van der Waals surface area contributed by atoms with E-state index in [1.165, 1.54) is 36.3 Å². The quantitative estimate of drug-likeness (QED) is 0.244. The lowest BCUT2D eigenvalue weighted by Gasteiger charge is -2.25. The number of likely N-dealkylation sites (tertiary alicyclic amines) is 1. The number of ketones is 1. The summed E-state index contributed by atoms with van der Waals surface area (Å²) in [6.45, 7) is 2.30. The van der Waals surface area contributed by atoms with Gasteiger partial charge in [-0.1, -0.05) is 13.3 Å². The minimum atomic E-state index is -0.820. The van der Waals surface area contributed by atoms with E-state index < -0.39 is 22.7 Å². The van der Waals surface area contributed by atoms with Crippen LogP contribution in [0.25, 0.3) is 5.76 Å². The first-order chi connectivity index (χ1) is 14.4. The van der Waals surface area contributed by atoms with Gasteiger partial charge in [-0.2, -0.15) is 0 Å². The summed E-state index contributed by atoms with van der Waals surface area (Å²) in [5.74, 6) is -1.18. The summed E-state index contributed by atoms with van der Waals surface area (Å²) in [7, 11) is 1.52. The molecule has 1 atom stereocenters. The molecule has 0 aromatic heterocycles. The van der Waals surface area contributed by atoms with Crippen LogP contribution in [0, 0.1) is 10.1 Å². The highest BCUT2D eigenvalue weighted by Gasteiger charge is 2.45. The zero-order chi connectivity index (χ0) is 21.8. The van der Waals surface area contributed by atoms with Gasteiger partial charge in [0.25, 0.3) is 17.4 Å². The minimum Gasteiger partial charge on any atom is -0.507 e. The molecule has 0 saturated carbocycles. The van der Waals surface area contributed by atoms with Crippen molar-refractivity contribution in [3.63, 3.8) is 0 Å². The molecule has 1 saturated heterocycles. The topological polar surface area (TPSA) is 110 Å². The standard InChI is InChI=1S/C22H22N2O6/c1-3-4-13-23-19(14-5-9-16(10-6-14)24(28)29)18(21(26)22(23)27)20(25)15-7-11-17(30-2)12-8-15/h5-12,19,25H,3-4,13H2,1-2H3/t19-/m0/s1. The molecule has 3 rings (SSSR count). The fourth-order valence-electron chi connectivity index (χ4n) is 3.47. The second-order valence-corrected chi connectivity index (χ2v) is 6.92. The summed E-state index contributed by atoms with van der Waals surface area (Å²) in [5.41, 5.74) is 0.761. The molecule has 8 heteroatoms. The van der Waals surface area contributed by atoms with Gasteiger partial charge < -0.3 is 14.7 Å². The summed E-state index contributed by atoms with van der Waals surface area (Å²) in [5, 5.41) is 21.9. The number of carbonyl (C=O) groups is 2. The van der Waals surface area contributed by atoms with Crippen LogP contribution in [0.1, 0.15) is 36.9 Å². The monoisotopic (exact) mass is 410 g/mol. The minimum absolute atomic E-state index is 0.0323. The third-order valence-electron chi connectivity index (χ3n) is 5.08. The van der Waals surface area contributed by atoms with Gasteiger partial charge in [-0.3, -0.25) is 19.7 Å². The first-order valence-electron chi connectivity index (χ1n) is 9.56. The Bertz CT molecular complexity index is 995. The van der Waals surface area contributed by atoms with Gasteiger partial charge in [0.05, 0.1) is 23.6 Å². The number of carbonyl (C=O) groups excluding carboxylic acids is 2. The van der Waals surface area contributed by atoms with Crippen LogP contribution in [0.2, 0.25) is 0 Å². The number of methoxy groups -OCH3 is 1. The molecule has 0 bridgehead atoms. The molecular weight excluding hydrogens is 388 g/mol. The highest BCUT2D eigenvalue weighted by Crippen LogP contribution is 2.40. The lowest BCUT2D eigenvalue weighted by molar-refractivity contribution is -0.384. The van der Waals surface area contributed by atoms with Crippen molar-refractivity contribution in [2.24, 2.45) is 0 Å². The van der Waals surface area contributed by atoms with Gasteiger partial charge in [-0.05, 0) is 48.4 Å². The van der Waals surface area contributed by atoms with E-state index >= 15 is 0 Å². The Kier molecular flexibility index (Phi) is 6.15. The van der Waals surface area contributed by atoms with Crippen LogP contribution in [0.4, 0.5) is 5.69 Å². The lowest BCUT2D eigenvalue weighted by Crippen LogP contribution is -2.30. The van der Waals surface area contributed by atoms with Gasteiger partial charge in [0.1, 0.15) is 11.5 Å². The van der Waals surface area contributed by atoms with E-state index in [-0.39, 0.29) is 17.0 Å². The van der Waals surface area contributed by atoms with Crippen LogP contribution in [-0.2, 0) is 9.59 Å². The molecule has 0 aliphatic carbocycles. The first kappa shape index (κ1) is 21.0. The molecule has 1 amide bonds. The first-order valence-corrected chi connectivity index (χ1v) is 9.56. The van der Waals surface area contributed by atoms with E-state index in [0.29, 0.717) is 29.8 Å². The van der Waals surface area contributed by atoms with Crippen molar-refractivity contribution in [2.45, 2.75) is 25.8 Å². The van der Waals surface area contributed by atoms with Crippen molar-refractivity contribution in [3.05, 3.63) is 75.3 Å². The predicted octanol–water partition coefficient (Wildman–Crippen LogP) is 3.83. The van der Waals surface area contributed by atoms with Gasteiger partial charge in [-0.25, -0.2) is 0 Å². The normalized spacial score (nSPS) is 17.9. The van der Waals surface area contributed by atoms with E-state index in [4.69, 9.17) is 4.74 Å². The molecule has 2 aromatic rings. The molecule has 0 radical (unpaired) electrons. The summed E-state index contributed by atoms with van der Waals surface area (Å²) >= 11 is 0. The van der Waals surface area contributed by atoms with Crippen molar-refractivity contribution in [1.82, 2.24) is 4.90 Å². The van der Waals surface area contributed by atoms with Crippen molar-refractivity contribution in [1.29, 1.82) is 0 Å². The Balaban J connectivity index is 2.12. The Morgan fingerprint density at radius 3 is 2.30 bits per heavy atom. The number of nitrogens with zero attached hydrogens (tertiary/aromatic N) is 2. The van der Waals surface area contributed by atoms with Crippen LogP contribution >= 0.6 is 0 Å². The molecule has 1 N–H and O–H groups in total. The number of rotatable bonds is 7. The largest absolute Gasteiger partial charge is 0.507 e. The predicted molar refractivity (Wildman–Crippen MR) is 110 cm³/mol. The number of unbranched alkanes of at least 4 members (excludes halogenated alkanes) is 1. The van der Waals surface area contributed by atoms with Gasteiger partial charge >= 0.3 is 0 Å². The number of nitro groups is 1. The number of benzene rings is 2. The molecular formula is C22H22N2O6. The number of Topliss-reactive ketones (excluding diaryl/α,β-unsaturated/α-hetero) is 1. The van der Waals surface area contributed by atoms with E-state index in [9.17, 15) is 24.8 Å². The Labute approximate surface area is 173 Å². The Morgan fingerprint density at radius 2 is 1.77 bits per heavy atom. The number of hydrogen-bond acceptors (Lipinski definition) is 6. The molecule has 156 valence electrons. The zero-order valence-corrected chi connectivity index (χ0v) is 16.7. The molecule has 1 aliphatic heterocycles. The molecule has 8 nitrogen and oxygen atoms in total. The van der Waals surface area contributed by atoms with Crippen molar-refractivity contribution in [3.8, 4) is 5.75 Å². The van der Waals surface area contributed by atoms with Crippen LogP contribution in [0.3, 0.4) is 0 Å². The summed E-state index contributed by atoms with van der Waals surface area (Å²) in [4.78, 5) is 37.4. The number of ether oxygens (including phenoxy) is 1. The molecule has 1 fully saturated rings. The Morgan fingerprint density at radius 1 is 1.13 bits per heavy atom. The molecule has 30 heavy (non-hydrogen) atoms. The third kappa shape index (κ3) is 3.89. The second-order valence-electron chi connectivity index (χ2n) is 6.92. The van der Waals surface area contributed by atoms with Crippen LogP contribution < -0.4 is 4.74 Å². The zero-order valence-electron chi connectivity index (χ0n) is 16.7. The van der Waals surface area contributed by atoms with Crippen LogP contribution in [-0.4, -0.2) is 40.3 Å². The highest BCUT2D eigenvalue weighted by molar-refractivity contribution is 6.46. The maximum absolute atomic E-state index is 12.8.